The number of halogens is 3. The number of nitrogens with zero attached hydrogens (tertiary/aromatic N) is 4. The van der Waals surface area contributed by atoms with Crippen molar-refractivity contribution >= 4 is 11.8 Å². The second-order valence-corrected chi connectivity index (χ2v) is 6.35. The van der Waals surface area contributed by atoms with Gasteiger partial charge in [-0.1, -0.05) is 0 Å². The zero-order valence-electron chi connectivity index (χ0n) is 12.5. The lowest BCUT2D eigenvalue weighted by atomic mass is 10.0. The molecule has 0 amide bonds. The van der Waals surface area contributed by atoms with E-state index in [1.165, 1.54) is 4.90 Å². The summed E-state index contributed by atoms with van der Waals surface area (Å²) in [6.07, 6.45) is -3.32. The summed E-state index contributed by atoms with van der Waals surface area (Å²) in [4.78, 5) is 11.2. The van der Waals surface area contributed by atoms with Crippen molar-refractivity contribution in [3.05, 3.63) is 11.8 Å². The van der Waals surface area contributed by atoms with E-state index in [9.17, 15) is 18.3 Å². The van der Waals surface area contributed by atoms with Gasteiger partial charge in [0, 0.05) is 33.3 Å². The molecule has 1 aromatic heterocycles. The van der Waals surface area contributed by atoms with E-state index in [-0.39, 0.29) is 12.1 Å². The number of aliphatic hydroxyl groups is 1. The SMILES string of the molecule is CN(C)c1nc(N2C[C@H]3CC(O)C[C@H]3C2)cc(C(F)(F)F)n1. The number of rotatable bonds is 2. The first kappa shape index (κ1) is 15.3. The Hall–Kier alpha value is -1.57. The van der Waals surface area contributed by atoms with Crippen LogP contribution < -0.4 is 9.80 Å². The molecule has 0 bridgehead atoms. The molecule has 1 N–H and O–H groups in total. The molecule has 1 aliphatic carbocycles. The van der Waals surface area contributed by atoms with Gasteiger partial charge in [-0.15, -0.1) is 0 Å². The fourth-order valence-electron chi connectivity index (χ4n) is 3.38. The van der Waals surface area contributed by atoms with Crippen LogP contribution in [0.4, 0.5) is 24.9 Å². The van der Waals surface area contributed by atoms with Crippen LogP contribution in [0, 0.1) is 11.8 Å². The average Bonchev–Trinajstić information content (AvgIpc) is 2.94. The van der Waals surface area contributed by atoms with E-state index in [4.69, 9.17) is 0 Å². The van der Waals surface area contributed by atoms with E-state index in [0.29, 0.717) is 30.7 Å². The van der Waals surface area contributed by atoms with Crippen molar-refractivity contribution in [2.75, 3.05) is 37.0 Å². The predicted molar refractivity (Wildman–Crippen MR) is 75.8 cm³/mol. The van der Waals surface area contributed by atoms with E-state index in [1.807, 2.05) is 4.90 Å². The van der Waals surface area contributed by atoms with Crippen molar-refractivity contribution in [2.45, 2.75) is 25.1 Å². The fourth-order valence-corrected chi connectivity index (χ4v) is 3.38. The maximum atomic E-state index is 13.0. The van der Waals surface area contributed by atoms with Crippen molar-refractivity contribution in [1.29, 1.82) is 0 Å². The summed E-state index contributed by atoms with van der Waals surface area (Å²) in [7, 11) is 3.24. The highest BCUT2D eigenvalue weighted by atomic mass is 19.4. The second kappa shape index (κ2) is 5.26. The molecule has 1 saturated carbocycles. The van der Waals surface area contributed by atoms with Gasteiger partial charge in [0.1, 0.15) is 5.82 Å². The average molecular weight is 316 g/mol. The van der Waals surface area contributed by atoms with Crippen LogP contribution in [0.5, 0.6) is 0 Å². The third-order valence-electron chi connectivity index (χ3n) is 4.44. The molecule has 2 heterocycles. The zero-order valence-corrected chi connectivity index (χ0v) is 12.5. The molecule has 0 radical (unpaired) electrons. The summed E-state index contributed by atoms with van der Waals surface area (Å²) in [5.74, 6) is 1.04. The molecule has 0 aromatic carbocycles. The Bertz CT molecular complexity index is 550. The number of aliphatic hydroxyl groups excluding tert-OH is 1. The zero-order chi connectivity index (χ0) is 16.1. The minimum Gasteiger partial charge on any atom is -0.393 e. The predicted octanol–water partition coefficient (Wildman–Crippen LogP) is 1.77. The largest absolute Gasteiger partial charge is 0.433 e. The van der Waals surface area contributed by atoms with Crippen LogP contribution in [0.25, 0.3) is 0 Å². The van der Waals surface area contributed by atoms with E-state index in [2.05, 4.69) is 9.97 Å². The Balaban J connectivity index is 1.89. The van der Waals surface area contributed by atoms with Gasteiger partial charge in [0.2, 0.25) is 5.95 Å². The molecule has 3 atom stereocenters. The van der Waals surface area contributed by atoms with Crippen LogP contribution in [-0.4, -0.2) is 48.4 Å². The molecule has 0 spiro atoms. The lowest BCUT2D eigenvalue weighted by molar-refractivity contribution is -0.141. The molecular weight excluding hydrogens is 297 g/mol. The highest BCUT2D eigenvalue weighted by Crippen LogP contribution is 2.40. The fraction of sp³-hybridized carbons (Fsp3) is 0.714. The molecule has 1 aliphatic heterocycles. The number of anilines is 2. The first-order chi connectivity index (χ1) is 10.2. The van der Waals surface area contributed by atoms with Crippen molar-refractivity contribution in [2.24, 2.45) is 11.8 Å². The summed E-state index contributed by atoms with van der Waals surface area (Å²) >= 11 is 0. The number of fused-ring (bicyclic) bond motifs is 1. The van der Waals surface area contributed by atoms with E-state index in [1.54, 1.807) is 14.1 Å². The molecule has 1 aromatic rings. The number of hydrogen-bond donors (Lipinski definition) is 1. The summed E-state index contributed by atoms with van der Waals surface area (Å²) in [6.45, 7) is 1.28. The minimum absolute atomic E-state index is 0.0573. The van der Waals surface area contributed by atoms with Gasteiger partial charge in [-0.2, -0.15) is 18.2 Å². The van der Waals surface area contributed by atoms with Crippen molar-refractivity contribution < 1.29 is 18.3 Å². The van der Waals surface area contributed by atoms with Gasteiger partial charge in [-0.25, -0.2) is 4.98 Å². The monoisotopic (exact) mass is 316 g/mol. The Morgan fingerprint density at radius 3 is 2.27 bits per heavy atom. The molecule has 122 valence electrons. The van der Waals surface area contributed by atoms with Crippen molar-refractivity contribution in [3.8, 4) is 0 Å². The van der Waals surface area contributed by atoms with E-state index >= 15 is 0 Å². The number of hydrogen-bond acceptors (Lipinski definition) is 5. The van der Waals surface area contributed by atoms with Gasteiger partial charge >= 0.3 is 6.18 Å². The summed E-state index contributed by atoms with van der Waals surface area (Å²) < 4.78 is 39.1. The maximum Gasteiger partial charge on any atom is 0.433 e. The molecule has 1 unspecified atom stereocenters. The van der Waals surface area contributed by atoms with Crippen LogP contribution >= 0.6 is 0 Å². The molecule has 2 fully saturated rings. The first-order valence-corrected chi connectivity index (χ1v) is 7.30. The topological polar surface area (TPSA) is 52.5 Å². The van der Waals surface area contributed by atoms with Crippen LogP contribution in [0.3, 0.4) is 0 Å². The summed E-state index contributed by atoms with van der Waals surface area (Å²) in [5, 5.41) is 9.66. The summed E-state index contributed by atoms with van der Waals surface area (Å²) in [6, 6.07) is 1.02. The van der Waals surface area contributed by atoms with Gasteiger partial charge in [-0.3, -0.25) is 0 Å². The number of aromatic nitrogens is 2. The Labute approximate surface area is 126 Å². The highest BCUT2D eigenvalue weighted by molar-refractivity contribution is 5.47. The Kier molecular flexibility index (Phi) is 3.66. The lowest BCUT2D eigenvalue weighted by Gasteiger charge is -2.22. The van der Waals surface area contributed by atoms with Crippen LogP contribution in [-0.2, 0) is 6.18 Å². The molecule has 2 aliphatic rings. The summed E-state index contributed by atoms with van der Waals surface area (Å²) in [5.41, 5.74) is -0.918. The number of alkyl halides is 3. The third-order valence-corrected chi connectivity index (χ3v) is 4.44. The van der Waals surface area contributed by atoms with E-state index in [0.717, 1.165) is 18.9 Å². The molecular formula is C14H19F3N4O. The molecule has 1 saturated heterocycles. The van der Waals surface area contributed by atoms with Gasteiger partial charge < -0.3 is 14.9 Å². The van der Waals surface area contributed by atoms with E-state index < -0.39 is 11.9 Å². The molecule has 5 nitrogen and oxygen atoms in total. The quantitative estimate of drug-likeness (QED) is 0.901. The smallest absolute Gasteiger partial charge is 0.393 e. The standard InChI is InChI=1S/C14H19F3N4O/c1-20(2)13-18-11(14(15,16)17)5-12(19-13)21-6-8-3-10(22)4-9(8)7-21/h5,8-10,22H,3-4,6-7H2,1-2H3/t8-,9+,10?. The maximum absolute atomic E-state index is 13.0. The van der Waals surface area contributed by atoms with Gasteiger partial charge in [0.25, 0.3) is 0 Å². The second-order valence-electron chi connectivity index (χ2n) is 6.35. The molecule has 3 rings (SSSR count). The molecule has 22 heavy (non-hydrogen) atoms. The normalized spacial score (nSPS) is 28.1. The third kappa shape index (κ3) is 2.84. The van der Waals surface area contributed by atoms with Crippen LogP contribution in [0.15, 0.2) is 6.07 Å². The van der Waals surface area contributed by atoms with Crippen LogP contribution in [0.1, 0.15) is 18.5 Å². The Morgan fingerprint density at radius 2 is 1.77 bits per heavy atom. The van der Waals surface area contributed by atoms with Gasteiger partial charge in [0.05, 0.1) is 6.10 Å². The van der Waals surface area contributed by atoms with Crippen LogP contribution in [0.2, 0.25) is 0 Å². The van der Waals surface area contributed by atoms with Gasteiger partial charge in [-0.05, 0) is 24.7 Å². The van der Waals surface area contributed by atoms with Crippen molar-refractivity contribution in [3.63, 3.8) is 0 Å². The van der Waals surface area contributed by atoms with Crippen molar-refractivity contribution in [1.82, 2.24) is 9.97 Å². The minimum atomic E-state index is -4.49. The first-order valence-electron chi connectivity index (χ1n) is 7.30. The Morgan fingerprint density at radius 1 is 1.18 bits per heavy atom. The van der Waals surface area contributed by atoms with Gasteiger partial charge in [0.15, 0.2) is 5.69 Å². The highest BCUT2D eigenvalue weighted by Gasteiger charge is 2.41. The molecule has 8 heteroatoms. The lowest BCUT2D eigenvalue weighted by Crippen LogP contribution is -2.26.